The standard InChI is InChI=1S/C17H17ClFNO/c1-10-7-11(3-4-15(10)19)16(20-2)14-9-13(18)8-12-5-6-21-17(12)14/h3-4,7-9,16,20H,5-6H2,1-2H3. The summed E-state index contributed by atoms with van der Waals surface area (Å²) in [5.74, 6) is 0.710. The van der Waals surface area contributed by atoms with Crippen LogP contribution in [0.2, 0.25) is 5.02 Å². The van der Waals surface area contributed by atoms with Crippen molar-refractivity contribution in [1.82, 2.24) is 5.32 Å². The van der Waals surface area contributed by atoms with Gasteiger partial charge in [0.15, 0.2) is 0 Å². The molecule has 2 aromatic rings. The summed E-state index contributed by atoms with van der Waals surface area (Å²) in [4.78, 5) is 0. The molecular weight excluding hydrogens is 289 g/mol. The number of ether oxygens (including phenoxy) is 1. The van der Waals surface area contributed by atoms with E-state index in [-0.39, 0.29) is 11.9 Å². The third-order valence-corrected chi connectivity index (χ3v) is 4.11. The molecular formula is C17H17ClFNO. The highest BCUT2D eigenvalue weighted by molar-refractivity contribution is 6.30. The van der Waals surface area contributed by atoms with Gasteiger partial charge in [0, 0.05) is 17.0 Å². The fraction of sp³-hybridized carbons (Fsp3) is 0.294. The van der Waals surface area contributed by atoms with Crippen LogP contribution in [0.15, 0.2) is 30.3 Å². The minimum absolute atomic E-state index is 0.0742. The lowest BCUT2D eigenvalue weighted by atomic mass is 9.95. The second-order valence-electron chi connectivity index (χ2n) is 5.31. The molecule has 1 unspecified atom stereocenters. The molecule has 2 aromatic carbocycles. The summed E-state index contributed by atoms with van der Waals surface area (Å²) in [6.07, 6.45) is 0.877. The van der Waals surface area contributed by atoms with Crippen molar-refractivity contribution in [3.05, 3.63) is 63.4 Å². The molecule has 21 heavy (non-hydrogen) atoms. The summed E-state index contributed by atoms with van der Waals surface area (Å²) in [5, 5.41) is 3.98. The molecule has 1 heterocycles. The van der Waals surface area contributed by atoms with E-state index in [0.717, 1.165) is 28.9 Å². The SMILES string of the molecule is CNC(c1ccc(F)c(C)c1)c1cc(Cl)cc2c1OCC2. The summed E-state index contributed by atoms with van der Waals surface area (Å²) in [7, 11) is 1.88. The van der Waals surface area contributed by atoms with Crippen molar-refractivity contribution < 1.29 is 9.13 Å². The Kier molecular flexibility index (Phi) is 3.87. The van der Waals surface area contributed by atoms with E-state index < -0.39 is 0 Å². The van der Waals surface area contributed by atoms with Gasteiger partial charge < -0.3 is 10.1 Å². The Morgan fingerprint density at radius 2 is 2.10 bits per heavy atom. The molecule has 0 saturated carbocycles. The van der Waals surface area contributed by atoms with Crippen LogP contribution in [-0.2, 0) is 6.42 Å². The maximum atomic E-state index is 13.5. The van der Waals surface area contributed by atoms with Gasteiger partial charge in [0.05, 0.1) is 12.6 Å². The molecule has 110 valence electrons. The van der Waals surface area contributed by atoms with Crippen molar-refractivity contribution in [1.29, 1.82) is 0 Å². The van der Waals surface area contributed by atoms with E-state index in [1.54, 1.807) is 13.0 Å². The lowest BCUT2D eigenvalue weighted by Crippen LogP contribution is -2.18. The average Bonchev–Trinajstić information content (AvgIpc) is 2.91. The number of fused-ring (bicyclic) bond motifs is 1. The van der Waals surface area contributed by atoms with Gasteiger partial charge in [-0.1, -0.05) is 23.7 Å². The van der Waals surface area contributed by atoms with E-state index in [9.17, 15) is 4.39 Å². The maximum absolute atomic E-state index is 13.5. The Morgan fingerprint density at radius 1 is 1.29 bits per heavy atom. The number of halogens is 2. The molecule has 2 nitrogen and oxygen atoms in total. The first-order valence-corrected chi connectivity index (χ1v) is 7.36. The Morgan fingerprint density at radius 3 is 2.81 bits per heavy atom. The third kappa shape index (κ3) is 2.63. The monoisotopic (exact) mass is 305 g/mol. The predicted molar refractivity (Wildman–Crippen MR) is 82.7 cm³/mol. The van der Waals surface area contributed by atoms with Gasteiger partial charge in [-0.25, -0.2) is 4.39 Å². The molecule has 0 spiro atoms. The molecule has 1 atom stereocenters. The molecule has 1 N–H and O–H groups in total. The molecule has 3 rings (SSSR count). The minimum atomic E-state index is -0.193. The van der Waals surface area contributed by atoms with Crippen LogP contribution in [0.4, 0.5) is 4.39 Å². The summed E-state index contributed by atoms with van der Waals surface area (Å²) in [5.41, 5.74) is 3.77. The third-order valence-electron chi connectivity index (χ3n) is 3.89. The highest BCUT2D eigenvalue weighted by Crippen LogP contribution is 2.38. The van der Waals surface area contributed by atoms with Crippen molar-refractivity contribution in [3.63, 3.8) is 0 Å². The molecule has 0 aliphatic carbocycles. The molecule has 0 fully saturated rings. The molecule has 4 heteroatoms. The van der Waals surface area contributed by atoms with Crippen LogP contribution in [0.5, 0.6) is 5.75 Å². The fourth-order valence-electron chi connectivity index (χ4n) is 2.86. The van der Waals surface area contributed by atoms with Gasteiger partial charge >= 0.3 is 0 Å². The van der Waals surface area contributed by atoms with Crippen molar-refractivity contribution in [3.8, 4) is 5.75 Å². The topological polar surface area (TPSA) is 21.3 Å². The Hall–Kier alpha value is -1.58. The van der Waals surface area contributed by atoms with Gasteiger partial charge in [0.2, 0.25) is 0 Å². The van der Waals surface area contributed by atoms with Gasteiger partial charge in [-0.2, -0.15) is 0 Å². The largest absolute Gasteiger partial charge is 0.493 e. The lowest BCUT2D eigenvalue weighted by Gasteiger charge is -2.21. The van der Waals surface area contributed by atoms with E-state index in [4.69, 9.17) is 16.3 Å². The van der Waals surface area contributed by atoms with Crippen LogP contribution in [0.1, 0.15) is 28.3 Å². The zero-order chi connectivity index (χ0) is 15.0. The van der Waals surface area contributed by atoms with Crippen LogP contribution in [0.25, 0.3) is 0 Å². The first-order chi connectivity index (χ1) is 10.1. The molecule has 0 bridgehead atoms. The highest BCUT2D eigenvalue weighted by Gasteiger charge is 2.24. The second-order valence-corrected chi connectivity index (χ2v) is 5.75. The van der Waals surface area contributed by atoms with Crippen LogP contribution in [0.3, 0.4) is 0 Å². The van der Waals surface area contributed by atoms with Gasteiger partial charge in [-0.3, -0.25) is 0 Å². The van der Waals surface area contributed by atoms with Crippen molar-refractivity contribution >= 4 is 11.6 Å². The smallest absolute Gasteiger partial charge is 0.127 e. The minimum Gasteiger partial charge on any atom is -0.493 e. The summed E-state index contributed by atoms with van der Waals surface area (Å²) in [6, 6.07) is 8.96. The van der Waals surface area contributed by atoms with Crippen molar-refractivity contribution in [2.24, 2.45) is 0 Å². The summed E-state index contributed by atoms with van der Waals surface area (Å²) in [6.45, 7) is 2.45. The molecule has 0 saturated heterocycles. The summed E-state index contributed by atoms with van der Waals surface area (Å²) < 4.78 is 19.3. The van der Waals surface area contributed by atoms with E-state index >= 15 is 0 Å². The number of hydrogen-bond acceptors (Lipinski definition) is 2. The maximum Gasteiger partial charge on any atom is 0.127 e. The van der Waals surface area contributed by atoms with Crippen LogP contribution < -0.4 is 10.1 Å². The molecule has 0 amide bonds. The quantitative estimate of drug-likeness (QED) is 0.924. The van der Waals surface area contributed by atoms with E-state index in [1.165, 1.54) is 6.07 Å². The van der Waals surface area contributed by atoms with Gasteiger partial charge in [0.25, 0.3) is 0 Å². The normalized spacial score (nSPS) is 14.7. The van der Waals surface area contributed by atoms with Crippen LogP contribution in [-0.4, -0.2) is 13.7 Å². The summed E-state index contributed by atoms with van der Waals surface area (Å²) >= 11 is 6.23. The number of hydrogen-bond donors (Lipinski definition) is 1. The zero-order valence-corrected chi connectivity index (χ0v) is 12.8. The Bertz CT molecular complexity index is 687. The van der Waals surface area contributed by atoms with Crippen LogP contribution >= 0.6 is 11.6 Å². The van der Waals surface area contributed by atoms with E-state index in [2.05, 4.69) is 5.32 Å². The lowest BCUT2D eigenvalue weighted by molar-refractivity contribution is 0.351. The fourth-order valence-corrected chi connectivity index (χ4v) is 3.11. The zero-order valence-electron chi connectivity index (χ0n) is 12.0. The van der Waals surface area contributed by atoms with Crippen molar-refractivity contribution in [2.45, 2.75) is 19.4 Å². The molecule has 1 aliphatic rings. The Balaban J connectivity index is 2.10. The van der Waals surface area contributed by atoms with E-state index in [1.807, 2.05) is 25.2 Å². The number of nitrogens with one attached hydrogen (secondary N) is 1. The highest BCUT2D eigenvalue weighted by atomic mass is 35.5. The Labute approximate surface area is 128 Å². The van der Waals surface area contributed by atoms with Gasteiger partial charge in [-0.15, -0.1) is 0 Å². The molecule has 1 aliphatic heterocycles. The number of rotatable bonds is 3. The second kappa shape index (κ2) is 5.66. The first kappa shape index (κ1) is 14.4. The predicted octanol–water partition coefficient (Wildman–Crippen LogP) is 4.03. The first-order valence-electron chi connectivity index (χ1n) is 6.98. The van der Waals surface area contributed by atoms with Crippen molar-refractivity contribution in [2.75, 3.05) is 13.7 Å². The number of aryl methyl sites for hydroxylation is 1. The van der Waals surface area contributed by atoms with Gasteiger partial charge in [-0.05, 0) is 48.9 Å². The average molecular weight is 306 g/mol. The molecule has 0 radical (unpaired) electrons. The van der Waals surface area contributed by atoms with Gasteiger partial charge in [0.1, 0.15) is 11.6 Å². The van der Waals surface area contributed by atoms with E-state index in [0.29, 0.717) is 17.2 Å². The number of benzene rings is 2. The molecule has 0 aromatic heterocycles. The van der Waals surface area contributed by atoms with Crippen LogP contribution in [0, 0.1) is 12.7 Å².